The highest BCUT2D eigenvalue weighted by molar-refractivity contribution is 6.31. The molecule has 1 atom stereocenters. The third-order valence-corrected chi connectivity index (χ3v) is 5.68. The number of aromatic nitrogens is 1. The van der Waals surface area contributed by atoms with Crippen molar-refractivity contribution in [2.45, 2.75) is 39.8 Å². The van der Waals surface area contributed by atoms with E-state index in [4.69, 9.17) is 11.6 Å². The minimum atomic E-state index is -0.0469. The van der Waals surface area contributed by atoms with Crippen molar-refractivity contribution in [1.82, 2.24) is 15.2 Å². The second kappa shape index (κ2) is 8.83. The summed E-state index contributed by atoms with van der Waals surface area (Å²) in [5.74, 6) is -0.0469. The number of Topliss-reactive ketones (excluding diaryl/α,β-unsaturated/α-hetero) is 1. The molecule has 5 nitrogen and oxygen atoms in total. The van der Waals surface area contributed by atoms with Gasteiger partial charge in [-0.2, -0.15) is 5.26 Å². The zero-order valence-electron chi connectivity index (χ0n) is 16.6. The smallest absolute Gasteiger partial charge is 0.168 e. The van der Waals surface area contributed by atoms with Gasteiger partial charge in [-0.25, -0.2) is 0 Å². The Kier molecular flexibility index (Phi) is 6.46. The Hall–Kier alpha value is -2.26. The van der Waals surface area contributed by atoms with Crippen molar-refractivity contribution in [3.05, 3.63) is 62.9 Å². The summed E-state index contributed by atoms with van der Waals surface area (Å²) in [4.78, 5) is 19.3. The van der Waals surface area contributed by atoms with Gasteiger partial charge in [-0.3, -0.25) is 14.7 Å². The van der Waals surface area contributed by atoms with Crippen LogP contribution >= 0.6 is 11.6 Å². The van der Waals surface area contributed by atoms with E-state index in [-0.39, 0.29) is 12.2 Å². The number of pyridine rings is 1. The predicted octanol–water partition coefficient (Wildman–Crippen LogP) is 3.44. The lowest BCUT2D eigenvalue weighted by molar-refractivity contribution is 0.0992. The zero-order chi connectivity index (χ0) is 20.3. The first-order valence-electron chi connectivity index (χ1n) is 9.51. The minimum absolute atomic E-state index is 0.0469. The number of piperazine rings is 1. The standard InChI is InChI=1S/C22H25ClN4O/c1-14-12-27(5-4-25-14)13-20-7-17(10-24)6-18(15(20)2)9-22(28)19-8-21(23)16(3)26-11-19/h6-8,11,14,25H,4-5,9,12-13H2,1-3H3/t14-/m0/s1. The number of carbonyl (C=O) groups excluding carboxylic acids is 1. The van der Waals surface area contributed by atoms with Gasteiger partial charge in [-0.05, 0) is 55.7 Å². The number of ketones is 1. The van der Waals surface area contributed by atoms with E-state index in [2.05, 4.69) is 28.2 Å². The Morgan fingerprint density at radius 2 is 2.11 bits per heavy atom. The van der Waals surface area contributed by atoms with Gasteiger partial charge in [0, 0.05) is 50.4 Å². The summed E-state index contributed by atoms with van der Waals surface area (Å²) >= 11 is 6.12. The summed E-state index contributed by atoms with van der Waals surface area (Å²) in [6.07, 6.45) is 1.80. The molecule has 6 heteroatoms. The van der Waals surface area contributed by atoms with E-state index in [1.54, 1.807) is 19.2 Å². The fourth-order valence-corrected chi connectivity index (χ4v) is 3.75. The third-order valence-electron chi connectivity index (χ3n) is 5.30. The van der Waals surface area contributed by atoms with Crippen LogP contribution in [0.25, 0.3) is 0 Å². The third kappa shape index (κ3) is 4.77. The van der Waals surface area contributed by atoms with Crippen LogP contribution < -0.4 is 5.32 Å². The number of benzene rings is 1. The number of hydrogen-bond donors (Lipinski definition) is 1. The molecule has 0 bridgehead atoms. The van der Waals surface area contributed by atoms with E-state index in [1.807, 2.05) is 19.1 Å². The number of carbonyl (C=O) groups is 1. The fraction of sp³-hybridized carbons (Fsp3) is 0.409. The normalized spacial score (nSPS) is 17.3. The molecule has 146 valence electrons. The van der Waals surface area contributed by atoms with E-state index in [0.29, 0.717) is 27.9 Å². The Bertz CT molecular complexity index is 935. The van der Waals surface area contributed by atoms with Crippen molar-refractivity contribution in [3.63, 3.8) is 0 Å². The van der Waals surface area contributed by atoms with Crippen LogP contribution in [0.2, 0.25) is 5.02 Å². The Labute approximate surface area is 171 Å². The monoisotopic (exact) mass is 396 g/mol. The first kappa shape index (κ1) is 20.5. The molecule has 2 heterocycles. The second-order valence-electron chi connectivity index (χ2n) is 7.51. The lowest BCUT2D eigenvalue weighted by Crippen LogP contribution is -2.48. The summed E-state index contributed by atoms with van der Waals surface area (Å²) in [6, 6.07) is 8.12. The fourth-order valence-electron chi connectivity index (χ4n) is 3.58. The summed E-state index contributed by atoms with van der Waals surface area (Å²) in [5, 5.41) is 13.4. The molecule has 1 aliphatic rings. The van der Waals surface area contributed by atoms with Crippen molar-refractivity contribution in [3.8, 4) is 6.07 Å². The van der Waals surface area contributed by atoms with Gasteiger partial charge in [0.15, 0.2) is 5.78 Å². The first-order chi connectivity index (χ1) is 13.4. The number of rotatable bonds is 5. The topological polar surface area (TPSA) is 69.0 Å². The molecule has 0 amide bonds. The van der Waals surface area contributed by atoms with Gasteiger partial charge in [0.2, 0.25) is 0 Å². The van der Waals surface area contributed by atoms with Crippen LogP contribution in [0.1, 0.15) is 45.2 Å². The molecule has 0 radical (unpaired) electrons. The molecule has 1 aromatic carbocycles. The molecule has 2 aromatic rings. The molecule has 1 fully saturated rings. The first-order valence-corrected chi connectivity index (χ1v) is 9.88. The molecular weight excluding hydrogens is 372 g/mol. The van der Waals surface area contributed by atoms with E-state index in [1.165, 1.54) is 0 Å². The van der Waals surface area contributed by atoms with E-state index in [0.717, 1.165) is 42.9 Å². The summed E-state index contributed by atoms with van der Waals surface area (Å²) in [7, 11) is 0. The molecular formula is C22H25ClN4O. The number of hydrogen-bond acceptors (Lipinski definition) is 5. The molecule has 0 unspecified atom stereocenters. The van der Waals surface area contributed by atoms with Crippen LogP contribution in [0.3, 0.4) is 0 Å². The summed E-state index contributed by atoms with van der Waals surface area (Å²) in [6.45, 7) is 9.71. The average molecular weight is 397 g/mol. The zero-order valence-corrected chi connectivity index (χ0v) is 17.3. The van der Waals surface area contributed by atoms with Gasteiger partial charge in [-0.1, -0.05) is 11.6 Å². The van der Waals surface area contributed by atoms with Crippen LogP contribution in [-0.4, -0.2) is 41.3 Å². The SMILES string of the molecule is Cc1ncc(C(=O)Cc2cc(C#N)cc(CN3CCN[C@@H](C)C3)c2C)cc1Cl. The molecule has 1 aliphatic heterocycles. The highest BCUT2D eigenvalue weighted by atomic mass is 35.5. The van der Waals surface area contributed by atoms with Gasteiger partial charge in [-0.15, -0.1) is 0 Å². The summed E-state index contributed by atoms with van der Waals surface area (Å²) < 4.78 is 0. The quantitative estimate of drug-likeness (QED) is 0.784. The predicted molar refractivity (Wildman–Crippen MR) is 111 cm³/mol. The van der Waals surface area contributed by atoms with Gasteiger partial charge in [0.05, 0.1) is 22.3 Å². The molecule has 28 heavy (non-hydrogen) atoms. The largest absolute Gasteiger partial charge is 0.312 e. The molecule has 1 N–H and O–H groups in total. The van der Waals surface area contributed by atoms with E-state index >= 15 is 0 Å². The Morgan fingerprint density at radius 1 is 1.36 bits per heavy atom. The molecule has 1 saturated heterocycles. The highest BCUT2D eigenvalue weighted by Gasteiger charge is 2.19. The van der Waals surface area contributed by atoms with E-state index in [9.17, 15) is 10.1 Å². The number of nitrogens with one attached hydrogen (secondary N) is 1. The van der Waals surface area contributed by atoms with Crippen molar-refractivity contribution >= 4 is 17.4 Å². The number of nitrogens with zero attached hydrogens (tertiary/aromatic N) is 3. The number of aryl methyl sites for hydroxylation is 1. The van der Waals surface area contributed by atoms with Gasteiger partial charge >= 0.3 is 0 Å². The lowest BCUT2D eigenvalue weighted by Gasteiger charge is -2.32. The minimum Gasteiger partial charge on any atom is -0.312 e. The Morgan fingerprint density at radius 3 is 2.79 bits per heavy atom. The van der Waals surface area contributed by atoms with Crippen molar-refractivity contribution < 1.29 is 4.79 Å². The van der Waals surface area contributed by atoms with Gasteiger partial charge < -0.3 is 5.32 Å². The van der Waals surface area contributed by atoms with Crippen LogP contribution in [0.15, 0.2) is 24.4 Å². The highest BCUT2D eigenvalue weighted by Crippen LogP contribution is 2.22. The van der Waals surface area contributed by atoms with Gasteiger partial charge in [0.1, 0.15) is 0 Å². The lowest BCUT2D eigenvalue weighted by atomic mass is 9.93. The maximum absolute atomic E-state index is 12.8. The molecule has 0 aliphatic carbocycles. The van der Waals surface area contributed by atoms with Crippen molar-refractivity contribution in [1.29, 1.82) is 5.26 Å². The molecule has 0 spiro atoms. The Balaban J connectivity index is 1.85. The van der Waals surface area contributed by atoms with Crippen LogP contribution in [0.5, 0.6) is 0 Å². The number of halogens is 1. The number of nitriles is 1. The maximum Gasteiger partial charge on any atom is 0.168 e. The maximum atomic E-state index is 12.8. The van der Waals surface area contributed by atoms with Crippen LogP contribution in [-0.2, 0) is 13.0 Å². The van der Waals surface area contributed by atoms with Crippen LogP contribution in [0, 0.1) is 25.2 Å². The molecule has 0 saturated carbocycles. The molecule has 3 rings (SSSR count). The van der Waals surface area contributed by atoms with Gasteiger partial charge in [0.25, 0.3) is 0 Å². The van der Waals surface area contributed by atoms with Crippen LogP contribution in [0.4, 0.5) is 0 Å². The molecule has 1 aromatic heterocycles. The summed E-state index contributed by atoms with van der Waals surface area (Å²) in [5.41, 5.74) is 4.86. The second-order valence-corrected chi connectivity index (χ2v) is 7.92. The average Bonchev–Trinajstić information content (AvgIpc) is 2.67. The van der Waals surface area contributed by atoms with E-state index < -0.39 is 0 Å². The van der Waals surface area contributed by atoms with Crippen molar-refractivity contribution in [2.75, 3.05) is 19.6 Å². The van der Waals surface area contributed by atoms with Crippen molar-refractivity contribution in [2.24, 2.45) is 0 Å².